The third-order valence-corrected chi connectivity index (χ3v) is 2.29. The summed E-state index contributed by atoms with van der Waals surface area (Å²) in [5.41, 5.74) is 12.1. The van der Waals surface area contributed by atoms with Crippen molar-refractivity contribution in [2.24, 2.45) is 0 Å². The molecule has 5 heteroatoms. The summed E-state index contributed by atoms with van der Waals surface area (Å²) in [4.78, 5) is 7.82. The van der Waals surface area contributed by atoms with Crippen LogP contribution in [-0.4, -0.2) is 23.2 Å². The van der Waals surface area contributed by atoms with Crippen LogP contribution in [0.5, 0.6) is 0 Å². The van der Waals surface area contributed by atoms with Gasteiger partial charge in [-0.25, -0.2) is 4.98 Å². The number of hydrogen-bond donors (Lipinski definition) is 2. The smallest absolute Gasteiger partial charge is 0.221 e. The van der Waals surface area contributed by atoms with Crippen molar-refractivity contribution in [3.8, 4) is 0 Å². The van der Waals surface area contributed by atoms with E-state index in [9.17, 15) is 0 Å². The van der Waals surface area contributed by atoms with Crippen molar-refractivity contribution in [1.29, 1.82) is 0 Å². The molecule has 4 N–H and O–H groups in total. The number of nitrogens with two attached hydrogens (primary N) is 2. The van der Waals surface area contributed by atoms with Crippen LogP contribution in [0.15, 0.2) is 6.20 Å². The summed E-state index contributed by atoms with van der Waals surface area (Å²) in [7, 11) is 0. The maximum absolute atomic E-state index is 5.71. The maximum atomic E-state index is 5.71. The summed E-state index contributed by atoms with van der Waals surface area (Å²) in [6.45, 7) is 3.74. The molecule has 0 atom stereocenters. The van der Waals surface area contributed by atoms with E-state index in [2.05, 4.69) is 16.9 Å². The van der Waals surface area contributed by atoms with E-state index in [-0.39, 0.29) is 5.95 Å². The van der Waals surface area contributed by atoms with Gasteiger partial charge in [0.15, 0.2) is 0 Å². The number of unbranched alkanes of at least 4 members (excludes halogenated alkanes) is 1. The van der Waals surface area contributed by atoms with Crippen LogP contribution in [0.2, 0.25) is 0 Å². The highest BCUT2D eigenvalue weighted by Gasteiger charge is 2.01. The van der Waals surface area contributed by atoms with Gasteiger partial charge in [0.1, 0.15) is 5.82 Å². The van der Waals surface area contributed by atoms with Crippen molar-refractivity contribution in [1.82, 2.24) is 9.97 Å². The van der Waals surface area contributed by atoms with Crippen LogP contribution in [0.4, 0.5) is 11.8 Å². The van der Waals surface area contributed by atoms with Crippen LogP contribution < -0.4 is 11.5 Å². The molecule has 0 saturated heterocycles. The fourth-order valence-corrected chi connectivity index (χ4v) is 1.34. The van der Waals surface area contributed by atoms with Gasteiger partial charge in [-0.2, -0.15) is 4.98 Å². The molecule has 0 aliphatic carbocycles. The molecule has 90 valence electrons. The standard InChI is InChI=1S/C11H20N4O/c1-2-3-6-16-7-4-5-9-8-14-11(13)15-10(9)12/h8H,2-7H2,1H3,(H4,12,13,14,15). The Kier molecular flexibility index (Phi) is 5.56. The minimum Gasteiger partial charge on any atom is -0.383 e. The Labute approximate surface area is 96.2 Å². The van der Waals surface area contributed by atoms with E-state index in [1.54, 1.807) is 6.20 Å². The molecule has 1 aromatic heterocycles. The predicted molar refractivity (Wildman–Crippen MR) is 64.9 cm³/mol. The quantitative estimate of drug-likeness (QED) is 0.683. The summed E-state index contributed by atoms with van der Waals surface area (Å²) in [5.74, 6) is 0.696. The Morgan fingerprint density at radius 1 is 1.25 bits per heavy atom. The van der Waals surface area contributed by atoms with Crippen LogP contribution in [0.1, 0.15) is 31.7 Å². The van der Waals surface area contributed by atoms with E-state index in [1.165, 1.54) is 6.42 Å². The average Bonchev–Trinajstić information content (AvgIpc) is 2.26. The maximum Gasteiger partial charge on any atom is 0.221 e. The number of hydrogen-bond acceptors (Lipinski definition) is 5. The van der Waals surface area contributed by atoms with Gasteiger partial charge in [-0.3, -0.25) is 0 Å². The van der Waals surface area contributed by atoms with E-state index in [1.807, 2.05) is 0 Å². The second kappa shape index (κ2) is 7.00. The van der Waals surface area contributed by atoms with Gasteiger partial charge in [0.25, 0.3) is 0 Å². The Morgan fingerprint density at radius 3 is 2.69 bits per heavy atom. The van der Waals surface area contributed by atoms with E-state index in [4.69, 9.17) is 16.2 Å². The molecular formula is C11H20N4O. The molecular weight excluding hydrogens is 204 g/mol. The third kappa shape index (κ3) is 4.44. The number of nitrogens with zero attached hydrogens (tertiary/aromatic N) is 2. The number of anilines is 2. The summed E-state index contributed by atoms with van der Waals surface area (Å²) >= 11 is 0. The number of nitrogen functional groups attached to an aromatic ring is 2. The van der Waals surface area contributed by atoms with Gasteiger partial charge in [-0.1, -0.05) is 13.3 Å². The fourth-order valence-electron chi connectivity index (χ4n) is 1.34. The van der Waals surface area contributed by atoms with E-state index in [0.29, 0.717) is 5.82 Å². The number of aromatic nitrogens is 2. The fraction of sp³-hybridized carbons (Fsp3) is 0.636. The highest BCUT2D eigenvalue weighted by Crippen LogP contribution is 2.10. The van der Waals surface area contributed by atoms with Crippen LogP contribution in [0, 0.1) is 0 Å². The molecule has 0 saturated carbocycles. The van der Waals surface area contributed by atoms with Crippen molar-refractivity contribution >= 4 is 11.8 Å². The van der Waals surface area contributed by atoms with Gasteiger partial charge in [-0.05, 0) is 19.3 Å². The van der Waals surface area contributed by atoms with Gasteiger partial charge < -0.3 is 16.2 Å². The number of aryl methyl sites for hydroxylation is 1. The largest absolute Gasteiger partial charge is 0.383 e. The summed E-state index contributed by atoms with van der Waals surface area (Å²) in [5, 5.41) is 0. The molecule has 0 amide bonds. The van der Waals surface area contributed by atoms with Crippen LogP contribution in [0.25, 0.3) is 0 Å². The summed E-state index contributed by atoms with van der Waals surface area (Å²) < 4.78 is 5.45. The predicted octanol–water partition coefficient (Wildman–Crippen LogP) is 1.39. The SMILES string of the molecule is CCCCOCCCc1cnc(N)nc1N. The zero-order chi connectivity index (χ0) is 11.8. The van der Waals surface area contributed by atoms with Gasteiger partial charge in [0.2, 0.25) is 5.95 Å². The number of rotatable bonds is 7. The molecule has 1 rings (SSSR count). The second-order valence-corrected chi connectivity index (χ2v) is 3.71. The van der Waals surface area contributed by atoms with Crippen molar-refractivity contribution in [3.63, 3.8) is 0 Å². The molecule has 16 heavy (non-hydrogen) atoms. The topological polar surface area (TPSA) is 87.0 Å². The highest BCUT2D eigenvalue weighted by atomic mass is 16.5. The monoisotopic (exact) mass is 224 g/mol. The van der Waals surface area contributed by atoms with Crippen LogP contribution in [0.3, 0.4) is 0 Å². The zero-order valence-corrected chi connectivity index (χ0v) is 9.78. The lowest BCUT2D eigenvalue weighted by molar-refractivity contribution is 0.129. The van der Waals surface area contributed by atoms with Crippen molar-refractivity contribution < 1.29 is 4.74 Å². The van der Waals surface area contributed by atoms with Gasteiger partial charge in [0, 0.05) is 25.0 Å². The Hall–Kier alpha value is -1.36. The lowest BCUT2D eigenvalue weighted by Crippen LogP contribution is -2.05. The van der Waals surface area contributed by atoms with Gasteiger partial charge in [0.05, 0.1) is 0 Å². The Balaban J connectivity index is 2.21. The second-order valence-electron chi connectivity index (χ2n) is 3.71. The average molecular weight is 224 g/mol. The van der Waals surface area contributed by atoms with Gasteiger partial charge >= 0.3 is 0 Å². The first-order valence-electron chi connectivity index (χ1n) is 5.68. The molecule has 0 aromatic carbocycles. The summed E-state index contributed by atoms with van der Waals surface area (Å²) in [6, 6.07) is 0. The summed E-state index contributed by atoms with van der Waals surface area (Å²) in [6.07, 6.45) is 5.73. The van der Waals surface area contributed by atoms with Crippen LogP contribution >= 0.6 is 0 Å². The van der Waals surface area contributed by atoms with E-state index < -0.39 is 0 Å². The Bertz CT molecular complexity index is 317. The molecule has 0 spiro atoms. The molecule has 0 radical (unpaired) electrons. The molecule has 0 unspecified atom stereocenters. The zero-order valence-electron chi connectivity index (χ0n) is 9.78. The highest BCUT2D eigenvalue weighted by molar-refractivity contribution is 5.41. The number of ether oxygens (including phenoxy) is 1. The first-order chi connectivity index (χ1) is 7.74. The molecule has 1 aromatic rings. The minimum atomic E-state index is 0.223. The normalized spacial score (nSPS) is 10.6. The van der Waals surface area contributed by atoms with Crippen molar-refractivity contribution in [2.45, 2.75) is 32.6 Å². The molecule has 0 aliphatic rings. The molecule has 5 nitrogen and oxygen atoms in total. The molecule has 1 heterocycles. The lowest BCUT2D eigenvalue weighted by atomic mass is 10.2. The van der Waals surface area contributed by atoms with Gasteiger partial charge in [-0.15, -0.1) is 0 Å². The third-order valence-electron chi connectivity index (χ3n) is 2.29. The minimum absolute atomic E-state index is 0.223. The molecule has 0 fully saturated rings. The van der Waals surface area contributed by atoms with Crippen LogP contribution in [-0.2, 0) is 11.2 Å². The Morgan fingerprint density at radius 2 is 2.00 bits per heavy atom. The van der Waals surface area contributed by atoms with Crippen molar-refractivity contribution in [3.05, 3.63) is 11.8 Å². The van der Waals surface area contributed by atoms with Crippen molar-refractivity contribution in [2.75, 3.05) is 24.7 Å². The lowest BCUT2D eigenvalue weighted by Gasteiger charge is -2.05. The van der Waals surface area contributed by atoms with E-state index >= 15 is 0 Å². The molecule has 0 bridgehead atoms. The first kappa shape index (κ1) is 12.7. The van der Waals surface area contributed by atoms with E-state index in [0.717, 1.165) is 38.0 Å². The molecule has 0 aliphatic heterocycles. The first-order valence-corrected chi connectivity index (χ1v) is 5.68.